The molecular formula is C19H27ClN2O5. The Balaban J connectivity index is 1.88. The van der Waals surface area contributed by atoms with Gasteiger partial charge in [0.2, 0.25) is 5.91 Å². The molecule has 2 unspecified atom stereocenters. The minimum Gasteiger partial charge on any atom is -0.489 e. The van der Waals surface area contributed by atoms with Gasteiger partial charge in [-0.1, -0.05) is 24.4 Å². The van der Waals surface area contributed by atoms with Gasteiger partial charge in [0.15, 0.2) is 0 Å². The lowest BCUT2D eigenvalue weighted by Gasteiger charge is -2.17. The van der Waals surface area contributed by atoms with Crippen molar-refractivity contribution in [3.8, 4) is 5.75 Å². The first-order chi connectivity index (χ1) is 12.8. The predicted octanol–water partition coefficient (Wildman–Crippen LogP) is 4.16. The van der Waals surface area contributed by atoms with Crippen LogP contribution in [0.3, 0.4) is 0 Å². The van der Waals surface area contributed by atoms with Gasteiger partial charge in [0.05, 0.1) is 33.8 Å². The monoisotopic (exact) mass is 398 g/mol. The quantitative estimate of drug-likeness (QED) is 0.480. The molecule has 1 aliphatic carbocycles. The number of carbonyl (C=O) groups excluding carboxylic acids is 1. The largest absolute Gasteiger partial charge is 0.489 e. The number of halogens is 1. The summed E-state index contributed by atoms with van der Waals surface area (Å²) in [7, 11) is 0. The van der Waals surface area contributed by atoms with Gasteiger partial charge >= 0.3 is 0 Å². The van der Waals surface area contributed by atoms with Crippen LogP contribution >= 0.6 is 11.6 Å². The van der Waals surface area contributed by atoms with E-state index in [9.17, 15) is 20.0 Å². The summed E-state index contributed by atoms with van der Waals surface area (Å²) in [6.45, 7) is 3.95. The van der Waals surface area contributed by atoms with Crippen molar-refractivity contribution in [2.45, 2.75) is 64.6 Å². The Labute approximate surface area is 164 Å². The Morgan fingerprint density at radius 1 is 1.41 bits per heavy atom. The summed E-state index contributed by atoms with van der Waals surface area (Å²) < 4.78 is 5.70. The summed E-state index contributed by atoms with van der Waals surface area (Å²) in [6, 6.07) is 2.57. The highest BCUT2D eigenvalue weighted by Gasteiger charge is 2.22. The van der Waals surface area contributed by atoms with Gasteiger partial charge in [-0.05, 0) is 45.1 Å². The number of ether oxygens (including phenoxy) is 1. The fourth-order valence-electron chi connectivity index (χ4n) is 3.31. The number of benzene rings is 1. The Hall–Kier alpha value is -1.86. The molecule has 0 bridgehead atoms. The third-order valence-corrected chi connectivity index (χ3v) is 5.19. The lowest BCUT2D eigenvalue weighted by Crippen LogP contribution is -2.29. The fourth-order valence-corrected chi connectivity index (χ4v) is 3.53. The first kappa shape index (κ1) is 21.4. The molecule has 0 aliphatic heterocycles. The molecule has 1 aliphatic rings. The van der Waals surface area contributed by atoms with Crippen LogP contribution in [-0.4, -0.2) is 28.6 Å². The van der Waals surface area contributed by atoms with Crippen molar-refractivity contribution in [3.05, 3.63) is 32.8 Å². The molecule has 7 nitrogen and oxygen atoms in total. The molecule has 27 heavy (non-hydrogen) atoms. The minimum absolute atomic E-state index is 0.0149. The molecule has 150 valence electrons. The van der Waals surface area contributed by atoms with E-state index in [4.69, 9.17) is 16.3 Å². The average molecular weight is 399 g/mol. The van der Waals surface area contributed by atoms with Crippen molar-refractivity contribution in [1.82, 2.24) is 5.32 Å². The SMILES string of the molecule is CC(CCC(=O)NCC1CCCC1)Oc1cc([N+](=O)[O-])c(C(C)O)cc1Cl. The number of nitro benzene ring substituents is 1. The van der Waals surface area contributed by atoms with E-state index in [-0.39, 0.29) is 34.0 Å². The third kappa shape index (κ3) is 6.36. The van der Waals surface area contributed by atoms with Gasteiger partial charge in [0, 0.05) is 13.0 Å². The third-order valence-electron chi connectivity index (χ3n) is 4.90. The van der Waals surface area contributed by atoms with Crippen LogP contribution in [0.4, 0.5) is 5.69 Å². The van der Waals surface area contributed by atoms with Crippen molar-refractivity contribution in [2.75, 3.05) is 6.54 Å². The molecule has 0 spiro atoms. The lowest BCUT2D eigenvalue weighted by atomic mass is 10.1. The van der Waals surface area contributed by atoms with Crippen LogP contribution in [-0.2, 0) is 4.79 Å². The molecule has 1 aromatic rings. The summed E-state index contributed by atoms with van der Waals surface area (Å²) in [4.78, 5) is 22.6. The summed E-state index contributed by atoms with van der Waals surface area (Å²) in [5, 5.41) is 24.0. The molecule has 0 heterocycles. The molecule has 1 saturated carbocycles. The van der Waals surface area contributed by atoms with Gasteiger partial charge in [0.1, 0.15) is 5.75 Å². The van der Waals surface area contributed by atoms with Crippen molar-refractivity contribution in [2.24, 2.45) is 5.92 Å². The van der Waals surface area contributed by atoms with Crippen LogP contribution in [0, 0.1) is 16.0 Å². The van der Waals surface area contributed by atoms with E-state index < -0.39 is 11.0 Å². The number of carbonyl (C=O) groups is 1. The second kappa shape index (κ2) is 9.90. The maximum Gasteiger partial charge on any atom is 0.279 e. The Bertz CT molecular complexity index is 674. The summed E-state index contributed by atoms with van der Waals surface area (Å²) >= 11 is 6.14. The molecule has 0 radical (unpaired) electrons. The molecule has 0 aromatic heterocycles. The van der Waals surface area contributed by atoms with Crippen LogP contribution < -0.4 is 10.1 Å². The number of aliphatic hydroxyl groups excluding tert-OH is 1. The maximum absolute atomic E-state index is 12.0. The number of nitrogens with one attached hydrogen (secondary N) is 1. The van der Waals surface area contributed by atoms with Gasteiger partial charge < -0.3 is 15.2 Å². The molecule has 0 saturated heterocycles. The maximum atomic E-state index is 12.0. The number of hydrogen-bond donors (Lipinski definition) is 2. The first-order valence-electron chi connectivity index (χ1n) is 9.37. The highest BCUT2D eigenvalue weighted by atomic mass is 35.5. The predicted molar refractivity (Wildman–Crippen MR) is 103 cm³/mol. The number of nitro groups is 1. The van der Waals surface area contributed by atoms with Gasteiger partial charge in [-0.3, -0.25) is 14.9 Å². The summed E-state index contributed by atoms with van der Waals surface area (Å²) in [5.74, 6) is 0.750. The number of rotatable bonds is 9. The van der Waals surface area contributed by atoms with Crippen molar-refractivity contribution in [3.63, 3.8) is 0 Å². The molecule has 1 aromatic carbocycles. The van der Waals surface area contributed by atoms with E-state index in [1.165, 1.54) is 44.7 Å². The first-order valence-corrected chi connectivity index (χ1v) is 9.75. The highest BCUT2D eigenvalue weighted by Crippen LogP contribution is 2.36. The minimum atomic E-state index is -1.02. The number of hydrogen-bond acceptors (Lipinski definition) is 5. The van der Waals surface area contributed by atoms with E-state index in [0.29, 0.717) is 18.8 Å². The molecule has 1 fully saturated rings. The molecule has 8 heteroatoms. The molecule has 1 amide bonds. The van der Waals surface area contributed by atoms with Crippen LogP contribution in [0.1, 0.15) is 64.0 Å². The molecule has 2 rings (SSSR count). The summed E-state index contributed by atoms with van der Waals surface area (Å²) in [6.07, 6.45) is 4.28. The molecule has 2 N–H and O–H groups in total. The van der Waals surface area contributed by atoms with Crippen LogP contribution in [0.5, 0.6) is 5.75 Å². The normalized spacial score (nSPS) is 16.7. The van der Waals surface area contributed by atoms with Gasteiger partial charge in [-0.2, -0.15) is 0 Å². The second-order valence-electron chi connectivity index (χ2n) is 7.20. The topological polar surface area (TPSA) is 102 Å². The lowest BCUT2D eigenvalue weighted by molar-refractivity contribution is -0.386. The van der Waals surface area contributed by atoms with E-state index in [1.807, 2.05) is 0 Å². The zero-order valence-electron chi connectivity index (χ0n) is 15.7. The van der Waals surface area contributed by atoms with Crippen LogP contribution in [0.15, 0.2) is 12.1 Å². The number of aliphatic hydroxyl groups is 1. The van der Waals surface area contributed by atoms with E-state index >= 15 is 0 Å². The van der Waals surface area contributed by atoms with Gasteiger partial charge in [0.25, 0.3) is 5.69 Å². The van der Waals surface area contributed by atoms with E-state index in [0.717, 1.165) is 6.54 Å². The van der Waals surface area contributed by atoms with Crippen molar-refractivity contribution in [1.29, 1.82) is 0 Å². The van der Waals surface area contributed by atoms with Gasteiger partial charge in [-0.15, -0.1) is 0 Å². The Kier molecular flexibility index (Phi) is 7.86. The zero-order valence-corrected chi connectivity index (χ0v) is 16.5. The standard InChI is InChI=1S/C19H27ClN2O5/c1-12(7-8-19(24)21-11-14-5-3-4-6-14)27-18-10-17(22(25)26)15(13(2)23)9-16(18)20/h9-10,12-14,23H,3-8,11H2,1-2H3,(H,21,24). The number of amides is 1. The Morgan fingerprint density at radius 3 is 2.67 bits per heavy atom. The van der Waals surface area contributed by atoms with Crippen LogP contribution in [0.2, 0.25) is 5.02 Å². The summed E-state index contributed by atoms with van der Waals surface area (Å²) in [5.41, 5.74) is -0.109. The van der Waals surface area contributed by atoms with Crippen molar-refractivity contribution >= 4 is 23.2 Å². The Morgan fingerprint density at radius 2 is 2.07 bits per heavy atom. The fraction of sp³-hybridized carbons (Fsp3) is 0.632. The number of nitrogens with zero attached hydrogens (tertiary/aromatic N) is 1. The zero-order chi connectivity index (χ0) is 20.0. The van der Waals surface area contributed by atoms with E-state index in [1.54, 1.807) is 6.92 Å². The molecular weight excluding hydrogens is 372 g/mol. The van der Waals surface area contributed by atoms with Crippen molar-refractivity contribution < 1.29 is 19.6 Å². The van der Waals surface area contributed by atoms with Crippen LogP contribution in [0.25, 0.3) is 0 Å². The average Bonchev–Trinajstić information content (AvgIpc) is 3.12. The highest BCUT2D eigenvalue weighted by molar-refractivity contribution is 6.32. The van der Waals surface area contributed by atoms with E-state index in [2.05, 4.69) is 5.32 Å². The smallest absolute Gasteiger partial charge is 0.279 e. The second-order valence-corrected chi connectivity index (χ2v) is 7.60. The van der Waals surface area contributed by atoms with Gasteiger partial charge in [-0.25, -0.2) is 0 Å². The molecule has 2 atom stereocenters.